The minimum absolute atomic E-state index is 0.724. The molecule has 2 N–H and O–H groups in total. The minimum atomic E-state index is 0.724. The van der Waals surface area contributed by atoms with Crippen LogP contribution in [0.4, 0.5) is 0 Å². The van der Waals surface area contributed by atoms with E-state index in [1.54, 1.807) is 0 Å². The maximum atomic E-state index is 5.48. The van der Waals surface area contributed by atoms with Gasteiger partial charge in [-0.25, -0.2) is 0 Å². The van der Waals surface area contributed by atoms with E-state index >= 15 is 0 Å². The molecule has 0 saturated heterocycles. The van der Waals surface area contributed by atoms with Crippen molar-refractivity contribution in [3.05, 3.63) is 29.3 Å². The van der Waals surface area contributed by atoms with Gasteiger partial charge in [0.15, 0.2) is 0 Å². The Hall–Kier alpha value is -1.02. The molecule has 0 atom stereocenters. The van der Waals surface area contributed by atoms with Gasteiger partial charge >= 0.3 is 0 Å². The number of hydrogen-bond donors (Lipinski definition) is 1. The molecule has 0 aliphatic rings. The number of benzene rings is 1. The van der Waals surface area contributed by atoms with Gasteiger partial charge < -0.3 is 10.5 Å². The molecule has 0 bridgehead atoms. The van der Waals surface area contributed by atoms with Gasteiger partial charge in [0.1, 0.15) is 5.75 Å². The van der Waals surface area contributed by atoms with E-state index in [0.29, 0.717) is 0 Å². The fourth-order valence-electron chi connectivity index (χ4n) is 1.50. The Morgan fingerprint density at radius 1 is 1.36 bits per heavy atom. The van der Waals surface area contributed by atoms with Gasteiger partial charge in [0.2, 0.25) is 0 Å². The van der Waals surface area contributed by atoms with Crippen LogP contribution < -0.4 is 10.5 Å². The van der Waals surface area contributed by atoms with Crippen LogP contribution in [0.3, 0.4) is 0 Å². The predicted octanol–water partition coefficient (Wildman–Crippen LogP) is 2.29. The fourth-order valence-corrected chi connectivity index (χ4v) is 1.50. The van der Waals surface area contributed by atoms with E-state index in [9.17, 15) is 0 Å². The van der Waals surface area contributed by atoms with Crippen LogP contribution in [-0.2, 0) is 6.42 Å². The summed E-state index contributed by atoms with van der Waals surface area (Å²) in [6.45, 7) is 5.60. The highest BCUT2D eigenvalue weighted by atomic mass is 16.5. The number of nitrogens with two attached hydrogens (primary N) is 1. The lowest BCUT2D eigenvalue weighted by Crippen LogP contribution is -2.01. The Bertz CT molecular complexity index is 284. The average Bonchev–Trinajstić information content (AvgIpc) is 2.17. The van der Waals surface area contributed by atoms with Gasteiger partial charge in [0, 0.05) is 0 Å². The number of hydrogen-bond acceptors (Lipinski definition) is 2. The zero-order valence-corrected chi connectivity index (χ0v) is 9.05. The van der Waals surface area contributed by atoms with Crippen molar-refractivity contribution < 1.29 is 4.74 Å². The topological polar surface area (TPSA) is 35.2 Å². The third kappa shape index (κ3) is 3.04. The largest absolute Gasteiger partial charge is 0.494 e. The van der Waals surface area contributed by atoms with E-state index < -0.39 is 0 Å². The molecule has 78 valence electrons. The van der Waals surface area contributed by atoms with E-state index in [1.165, 1.54) is 11.1 Å². The smallest absolute Gasteiger partial charge is 0.119 e. The van der Waals surface area contributed by atoms with Crippen molar-refractivity contribution in [2.75, 3.05) is 13.2 Å². The normalized spacial score (nSPS) is 10.2. The van der Waals surface area contributed by atoms with E-state index in [-0.39, 0.29) is 0 Å². The molecule has 14 heavy (non-hydrogen) atoms. The third-order valence-electron chi connectivity index (χ3n) is 2.28. The molecule has 0 aliphatic heterocycles. The van der Waals surface area contributed by atoms with E-state index in [4.69, 9.17) is 10.5 Å². The van der Waals surface area contributed by atoms with Gasteiger partial charge in [0.05, 0.1) is 6.61 Å². The summed E-state index contributed by atoms with van der Waals surface area (Å²) in [6, 6.07) is 6.26. The van der Waals surface area contributed by atoms with Gasteiger partial charge in [-0.2, -0.15) is 0 Å². The molecule has 0 heterocycles. The van der Waals surface area contributed by atoms with E-state index in [0.717, 1.165) is 31.7 Å². The lowest BCUT2D eigenvalue weighted by molar-refractivity contribution is 0.340. The lowest BCUT2D eigenvalue weighted by Gasteiger charge is -2.08. The Morgan fingerprint density at radius 2 is 2.14 bits per heavy atom. The summed E-state index contributed by atoms with van der Waals surface area (Å²) in [5.41, 5.74) is 8.15. The molecule has 2 heteroatoms. The van der Waals surface area contributed by atoms with Crippen LogP contribution in [-0.4, -0.2) is 13.2 Å². The molecule has 2 nitrogen and oxygen atoms in total. The Labute approximate surface area is 86.1 Å². The average molecular weight is 193 g/mol. The zero-order chi connectivity index (χ0) is 10.4. The number of aryl methyl sites for hydroxylation is 2. The molecule has 0 aromatic heterocycles. The Balaban J connectivity index is 2.68. The van der Waals surface area contributed by atoms with Crippen LogP contribution in [0.25, 0.3) is 0 Å². The van der Waals surface area contributed by atoms with Gasteiger partial charge in [-0.05, 0) is 56.5 Å². The summed E-state index contributed by atoms with van der Waals surface area (Å²) in [4.78, 5) is 0. The summed E-state index contributed by atoms with van der Waals surface area (Å²) < 4.78 is 5.42. The standard InChI is InChI=1S/C12H19NO/c1-3-14-12-7-6-11(5-4-8-13)10(2)9-12/h6-7,9H,3-5,8,13H2,1-2H3. The van der Waals surface area contributed by atoms with Crippen molar-refractivity contribution in [1.29, 1.82) is 0 Å². The van der Waals surface area contributed by atoms with Crippen molar-refractivity contribution in [1.82, 2.24) is 0 Å². The third-order valence-corrected chi connectivity index (χ3v) is 2.28. The van der Waals surface area contributed by atoms with Gasteiger partial charge in [-0.3, -0.25) is 0 Å². The first-order chi connectivity index (χ1) is 6.77. The highest BCUT2D eigenvalue weighted by Crippen LogP contribution is 2.18. The van der Waals surface area contributed by atoms with Gasteiger partial charge in [-0.15, -0.1) is 0 Å². The maximum Gasteiger partial charge on any atom is 0.119 e. The molecule has 1 aromatic carbocycles. The molecular weight excluding hydrogens is 174 g/mol. The second-order valence-corrected chi connectivity index (χ2v) is 3.41. The van der Waals surface area contributed by atoms with E-state index in [1.807, 2.05) is 13.0 Å². The van der Waals surface area contributed by atoms with Crippen LogP contribution in [0.5, 0.6) is 5.75 Å². The van der Waals surface area contributed by atoms with Crippen LogP contribution in [0.2, 0.25) is 0 Å². The van der Waals surface area contributed by atoms with Crippen LogP contribution >= 0.6 is 0 Å². The molecule has 0 spiro atoms. The molecule has 0 saturated carbocycles. The van der Waals surface area contributed by atoms with Gasteiger partial charge in [0.25, 0.3) is 0 Å². The fraction of sp³-hybridized carbons (Fsp3) is 0.500. The Morgan fingerprint density at radius 3 is 2.71 bits per heavy atom. The molecule has 0 fully saturated rings. The summed E-state index contributed by atoms with van der Waals surface area (Å²) >= 11 is 0. The van der Waals surface area contributed by atoms with Gasteiger partial charge in [-0.1, -0.05) is 6.07 Å². The molecular formula is C12H19NO. The quantitative estimate of drug-likeness (QED) is 0.778. The molecule has 1 aromatic rings. The molecule has 0 aliphatic carbocycles. The molecule has 0 radical (unpaired) electrons. The molecule has 0 unspecified atom stereocenters. The van der Waals surface area contributed by atoms with Crippen molar-refractivity contribution >= 4 is 0 Å². The predicted molar refractivity (Wildman–Crippen MR) is 59.7 cm³/mol. The number of ether oxygens (including phenoxy) is 1. The first-order valence-corrected chi connectivity index (χ1v) is 5.20. The van der Waals surface area contributed by atoms with Crippen LogP contribution in [0.15, 0.2) is 18.2 Å². The summed E-state index contributed by atoms with van der Waals surface area (Å²) in [5, 5.41) is 0. The number of rotatable bonds is 5. The molecule has 1 rings (SSSR count). The Kier molecular flexibility index (Phi) is 4.47. The minimum Gasteiger partial charge on any atom is -0.494 e. The van der Waals surface area contributed by atoms with Crippen LogP contribution in [0, 0.1) is 6.92 Å². The molecule has 0 amide bonds. The maximum absolute atomic E-state index is 5.48. The second-order valence-electron chi connectivity index (χ2n) is 3.41. The first-order valence-electron chi connectivity index (χ1n) is 5.20. The van der Waals surface area contributed by atoms with Crippen molar-refractivity contribution in [2.45, 2.75) is 26.7 Å². The first kappa shape index (κ1) is 11.1. The zero-order valence-electron chi connectivity index (χ0n) is 9.05. The van der Waals surface area contributed by atoms with E-state index in [2.05, 4.69) is 19.1 Å². The highest BCUT2D eigenvalue weighted by Gasteiger charge is 1.99. The highest BCUT2D eigenvalue weighted by molar-refractivity contribution is 5.34. The van der Waals surface area contributed by atoms with Crippen molar-refractivity contribution in [2.24, 2.45) is 5.73 Å². The second kappa shape index (κ2) is 5.66. The summed E-state index contributed by atoms with van der Waals surface area (Å²) in [5.74, 6) is 0.960. The van der Waals surface area contributed by atoms with Crippen molar-refractivity contribution in [3.63, 3.8) is 0 Å². The van der Waals surface area contributed by atoms with Crippen LogP contribution in [0.1, 0.15) is 24.5 Å². The van der Waals surface area contributed by atoms with Crippen molar-refractivity contribution in [3.8, 4) is 5.75 Å². The SMILES string of the molecule is CCOc1ccc(CCCN)c(C)c1. The lowest BCUT2D eigenvalue weighted by atomic mass is 10.0. The summed E-state index contributed by atoms with van der Waals surface area (Å²) in [7, 11) is 0. The monoisotopic (exact) mass is 193 g/mol. The summed E-state index contributed by atoms with van der Waals surface area (Å²) in [6.07, 6.45) is 2.11.